The van der Waals surface area contributed by atoms with Gasteiger partial charge in [0.2, 0.25) is 0 Å². The summed E-state index contributed by atoms with van der Waals surface area (Å²) in [5, 5.41) is 0. The number of hydrogen-bond acceptors (Lipinski definition) is 6. The molecule has 0 radical (unpaired) electrons. The van der Waals surface area contributed by atoms with Crippen LogP contribution in [0.2, 0.25) is 0 Å². The Morgan fingerprint density at radius 3 is 1.47 bits per heavy atom. The number of benzene rings is 2. The zero-order chi connectivity index (χ0) is 23.2. The number of carbonyl (C=O) groups excluding carboxylic acids is 4. The van der Waals surface area contributed by atoms with Gasteiger partial charge in [0.25, 0.3) is 0 Å². The molecule has 0 bridgehead atoms. The molecule has 0 aliphatic heterocycles. The summed E-state index contributed by atoms with van der Waals surface area (Å²) in [4.78, 5) is 48.4. The van der Waals surface area contributed by atoms with Crippen molar-refractivity contribution in [1.29, 1.82) is 0 Å². The van der Waals surface area contributed by atoms with Crippen LogP contribution in [0.25, 0.3) is 0 Å². The first kappa shape index (κ1) is 21.8. The molecule has 6 nitrogen and oxygen atoms in total. The number of esters is 2. The van der Waals surface area contributed by atoms with Crippen LogP contribution in [0.1, 0.15) is 58.5 Å². The van der Waals surface area contributed by atoms with Gasteiger partial charge < -0.3 is 9.47 Å². The van der Waals surface area contributed by atoms with Crippen LogP contribution >= 0.6 is 0 Å². The average Bonchev–Trinajstić information content (AvgIpc) is 3.34. The Morgan fingerprint density at radius 1 is 0.719 bits per heavy atom. The maximum Gasteiger partial charge on any atom is 0.315 e. The Kier molecular flexibility index (Phi) is 5.62. The van der Waals surface area contributed by atoms with E-state index in [9.17, 15) is 28.0 Å². The average molecular weight is 442 g/mol. The second-order valence-corrected chi connectivity index (χ2v) is 8.07. The number of ketones is 2. The van der Waals surface area contributed by atoms with Gasteiger partial charge in [-0.25, -0.2) is 8.78 Å². The number of fused-ring (bicyclic) bond motifs is 2. The van der Waals surface area contributed by atoms with E-state index >= 15 is 0 Å². The summed E-state index contributed by atoms with van der Waals surface area (Å²) in [5.41, 5.74) is 0.993. The van der Waals surface area contributed by atoms with Gasteiger partial charge in [-0.05, 0) is 37.1 Å². The van der Waals surface area contributed by atoms with Gasteiger partial charge in [0.1, 0.15) is 0 Å². The SMILES string of the molecule is CC(C(=O)Oc1ccc2c(c1F)CCC2=O)C(C)C(=O)Oc1ccc2c(c1F)CCC2=O. The number of ether oxygens (including phenoxy) is 2. The fourth-order valence-electron chi connectivity index (χ4n) is 3.93. The number of carbonyl (C=O) groups is 4. The third-order valence-corrected chi connectivity index (χ3v) is 6.14. The van der Waals surface area contributed by atoms with E-state index in [4.69, 9.17) is 9.47 Å². The lowest BCUT2D eigenvalue weighted by molar-refractivity contribution is -0.149. The van der Waals surface area contributed by atoms with Crippen LogP contribution in [0.4, 0.5) is 8.78 Å². The molecule has 166 valence electrons. The molecule has 0 fully saturated rings. The van der Waals surface area contributed by atoms with E-state index in [0.29, 0.717) is 0 Å². The van der Waals surface area contributed by atoms with Gasteiger partial charge in [0, 0.05) is 35.1 Å². The minimum Gasteiger partial charge on any atom is -0.423 e. The van der Waals surface area contributed by atoms with Gasteiger partial charge in [-0.3, -0.25) is 19.2 Å². The van der Waals surface area contributed by atoms with Crippen LogP contribution in [0.5, 0.6) is 11.5 Å². The van der Waals surface area contributed by atoms with Crippen LogP contribution in [0, 0.1) is 23.5 Å². The Labute approximate surface area is 182 Å². The van der Waals surface area contributed by atoms with Crippen LogP contribution in [-0.2, 0) is 22.4 Å². The lowest BCUT2D eigenvalue weighted by Crippen LogP contribution is -2.31. The molecule has 2 aromatic rings. The second-order valence-electron chi connectivity index (χ2n) is 8.07. The number of hydrogen-bond donors (Lipinski definition) is 0. The molecule has 0 heterocycles. The summed E-state index contributed by atoms with van der Waals surface area (Å²) >= 11 is 0. The Hall–Kier alpha value is -3.42. The molecular weight excluding hydrogens is 422 g/mol. The highest BCUT2D eigenvalue weighted by Crippen LogP contribution is 2.33. The molecule has 2 atom stereocenters. The third kappa shape index (κ3) is 3.70. The Bertz CT molecular complexity index is 1080. The minimum absolute atomic E-state index is 0.162. The van der Waals surface area contributed by atoms with Crippen molar-refractivity contribution >= 4 is 23.5 Å². The lowest BCUT2D eigenvalue weighted by atomic mass is 9.96. The van der Waals surface area contributed by atoms with E-state index < -0.39 is 35.4 Å². The van der Waals surface area contributed by atoms with E-state index in [2.05, 4.69) is 0 Å². The molecule has 32 heavy (non-hydrogen) atoms. The first-order valence-corrected chi connectivity index (χ1v) is 10.3. The standard InChI is InChI=1S/C24H20F2O6/c1-11(23(29)31-19-9-5-13-15(21(19)25)3-7-17(13)27)12(2)24(30)32-20-10-6-14-16(22(20)26)4-8-18(14)28/h5-6,9-12H,3-4,7-8H2,1-2H3. The smallest absolute Gasteiger partial charge is 0.315 e. The molecule has 2 unspecified atom stereocenters. The van der Waals surface area contributed by atoms with E-state index in [1.54, 1.807) is 0 Å². The molecule has 0 aromatic heterocycles. The van der Waals surface area contributed by atoms with Gasteiger partial charge in [-0.2, -0.15) is 0 Å². The molecule has 2 aliphatic rings. The molecule has 0 saturated carbocycles. The first-order valence-electron chi connectivity index (χ1n) is 10.3. The monoisotopic (exact) mass is 442 g/mol. The highest BCUT2D eigenvalue weighted by Gasteiger charge is 2.33. The zero-order valence-corrected chi connectivity index (χ0v) is 17.5. The summed E-state index contributed by atoms with van der Waals surface area (Å²) in [6.45, 7) is 2.83. The van der Waals surface area contributed by atoms with Crippen molar-refractivity contribution in [2.75, 3.05) is 0 Å². The lowest BCUT2D eigenvalue weighted by Gasteiger charge is -2.18. The molecular formula is C24H20F2O6. The van der Waals surface area contributed by atoms with Crippen LogP contribution in [0.15, 0.2) is 24.3 Å². The van der Waals surface area contributed by atoms with Crippen molar-refractivity contribution in [1.82, 2.24) is 0 Å². The maximum absolute atomic E-state index is 14.6. The van der Waals surface area contributed by atoms with Gasteiger partial charge >= 0.3 is 11.9 Å². The quantitative estimate of drug-likeness (QED) is 0.514. The summed E-state index contributed by atoms with van der Waals surface area (Å²) < 4.78 is 39.5. The van der Waals surface area contributed by atoms with Crippen LogP contribution in [-0.4, -0.2) is 23.5 Å². The predicted octanol–water partition coefficient (Wildman–Crippen LogP) is 4.01. The van der Waals surface area contributed by atoms with E-state index in [1.807, 2.05) is 0 Å². The summed E-state index contributed by atoms with van der Waals surface area (Å²) in [5.74, 6) is -6.25. The zero-order valence-electron chi connectivity index (χ0n) is 17.5. The van der Waals surface area contributed by atoms with E-state index in [0.717, 1.165) is 0 Å². The van der Waals surface area contributed by atoms with Crippen LogP contribution < -0.4 is 9.47 Å². The van der Waals surface area contributed by atoms with Crippen molar-refractivity contribution in [3.05, 3.63) is 58.2 Å². The number of Topliss-reactive ketones (excluding diaryl/α,β-unsaturated/α-hetero) is 2. The minimum atomic E-state index is -1.02. The van der Waals surface area contributed by atoms with Crippen LogP contribution in [0.3, 0.4) is 0 Å². The van der Waals surface area contributed by atoms with Gasteiger partial charge in [-0.1, -0.05) is 13.8 Å². The van der Waals surface area contributed by atoms with Crippen molar-refractivity contribution in [2.45, 2.75) is 39.5 Å². The molecule has 0 spiro atoms. The van der Waals surface area contributed by atoms with Crippen molar-refractivity contribution < 1.29 is 37.4 Å². The Balaban J connectivity index is 1.44. The Morgan fingerprint density at radius 2 is 1.09 bits per heavy atom. The van der Waals surface area contributed by atoms with E-state index in [1.165, 1.54) is 38.1 Å². The fourth-order valence-corrected chi connectivity index (χ4v) is 3.93. The van der Waals surface area contributed by atoms with E-state index in [-0.39, 0.29) is 71.0 Å². The van der Waals surface area contributed by atoms with Gasteiger partial charge in [-0.15, -0.1) is 0 Å². The summed E-state index contributed by atoms with van der Waals surface area (Å²) in [6, 6.07) is 5.26. The first-order chi connectivity index (χ1) is 15.2. The maximum atomic E-state index is 14.6. The molecule has 0 N–H and O–H groups in total. The molecule has 0 amide bonds. The second kappa shape index (κ2) is 8.26. The summed E-state index contributed by atoms with van der Waals surface area (Å²) in [6.07, 6.45) is 0.885. The molecule has 0 saturated heterocycles. The van der Waals surface area contributed by atoms with Gasteiger partial charge in [0.15, 0.2) is 34.7 Å². The highest BCUT2D eigenvalue weighted by atomic mass is 19.1. The molecule has 4 rings (SSSR count). The molecule has 2 aromatic carbocycles. The number of halogens is 2. The van der Waals surface area contributed by atoms with Crippen molar-refractivity contribution in [2.24, 2.45) is 11.8 Å². The third-order valence-electron chi connectivity index (χ3n) is 6.14. The van der Waals surface area contributed by atoms with Gasteiger partial charge in [0.05, 0.1) is 11.8 Å². The molecule has 2 aliphatic carbocycles. The normalized spacial score (nSPS) is 16.4. The number of rotatable bonds is 5. The topological polar surface area (TPSA) is 86.7 Å². The summed E-state index contributed by atoms with van der Waals surface area (Å²) in [7, 11) is 0. The fraction of sp³-hybridized carbons (Fsp3) is 0.333. The van der Waals surface area contributed by atoms with Crippen molar-refractivity contribution in [3.63, 3.8) is 0 Å². The largest absolute Gasteiger partial charge is 0.423 e. The predicted molar refractivity (Wildman–Crippen MR) is 108 cm³/mol. The molecule has 8 heteroatoms. The highest BCUT2D eigenvalue weighted by molar-refractivity contribution is 6.01. The van der Waals surface area contributed by atoms with Crippen molar-refractivity contribution in [3.8, 4) is 11.5 Å².